The maximum atomic E-state index is 12.4. The molecule has 1 aliphatic heterocycles. The fourth-order valence-electron chi connectivity index (χ4n) is 5.23. The molecule has 2 aliphatic rings. The summed E-state index contributed by atoms with van der Waals surface area (Å²) in [5.74, 6) is -0.178. The Hall–Kier alpha value is -3.26. The maximum absolute atomic E-state index is 12.4. The van der Waals surface area contributed by atoms with Gasteiger partial charge in [0.2, 0.25) is 0 Å². The van der Waals surface area contributed by atoms with E-state index in [1.165, 1.54) is 0 Å². The van der Waals surface area contributed by atoms with Crippen LogP contribution in [-0.2, 0) is 19.4 Å². The molecule has 0 spiro atoms. The number of nitrogens with zero attached hydrogens (tertiary/aromatic N) is 4. The highest BCUT2D eigenvalue weighted by Gasteiger charge is 2.31. The van der Waals surface area contributed by atoms with Gasteiger partial charge < -0.3 is 15.2 Å². The number of pyridine rings is 3. The zero-order valence-corrected chi connectivity index (χ0v) is 19.4. The van der Waals surface area contributed by atoms with Crippen LogP contribution in [0.4, 0.5) is 5.69 Å². The van der Waals surface area contributed by atoms with Crippen molar-refractivity contribution in [3.05, 3.63) is 63.3 Å². The molecule has 172 valence electrons. The minimum absolute atomic E-state index is 0.0422. The van der Waals surface area contributed by atoms with Crippen LogP contribution in [0.25, 0.3) is 11.0 Å². The van der Waals surface area contributed by atoms with Crippen molar-refractivity contribution in [2.45, 2.75) is 51.7 Å². The Kier molecular flexibility index (Phi) is 5.62. The van der Waals surface area contributed by atoms with E-state index in [1.54, 1.807) is 19.3 Å². The number of hydrogen-bond donors (Lipinski definition) is 2. The van der Waals surface area contributed by atoms with Crippen LogP contribution in [0.1, 0.15) is 47.4 Å². The van der Waals surface area contributed by atoms with Crippen molar-refractivity contribution in [2.24, 2.45) is 0 Å². The minimum Gasteiger partial charge on any atom is -0.365 e. The normalized spacial score (nSPS) is 20.8. The third kappa shape index (κ3) is 3.88. The number of piperazine rings is 1. The second kappa shape index (κ2) is 8.59. The number of rotatable bonds is 4. The number of carbonyl (C=O) groups excluding carboxylic acids is 1. The van der Waals surface area contributed by atoms with Crippen molar-refractivity contribution in [1.29, 1.82) is 0 Å². The molecule has 1 saturated heterocycles. The fourth-order valence-corrected chi connectivity index (χ4v) is 5.23. The van der Waals surface area contributed by atoms with Crippen molar-refractivity contribution in [1.82, 2.24) is 25.2 Å². The topological polar surface area (TPSA) is 94.2 Å². The number of anilines is 1. The third-order valence-corrected chi connectivity index (χ3v) is 7.29. The number of aryl methyl sites for hydroxylation is 1. The molecule has 4 heterocycles. The Morgan fingerprint density at radius 2 is 1.94 bits per heavy atom. The van der Waals surface area contributed by atoms with Gasteiger partial charge in [0, 0.05) is 50.5 Å². The van der Waals surface area contributed by atoms with Gasteiger partial charge in [-0.3, -0.25) is 19.5 Å². The first-order chi connectivity index (χ1) is 16.0. The van der Waals surface area contributed by atoms with Crippen molar-refractivity contribution < 1.29 is 4.79 Å². The summed E-state index contributed by atoms with van der Waals surface area (Å²) >= 11 is 0. The van der Waals surface area contributed by atoms with Crippen LogP contribution in [0.2, 0.25) is 0 Å². The smallest absolute Gasteiger partial charge is 0.269 e. The van der Waals surface area contributed by atoms with Gasteiger partial charge in [0.25, 0.3) is 11.5 Å². The Morgan fingerprint density at radius 1 is 1.12 bits per heavy atom. The number of fused-ring (bicyclic) bond motifs is 3. The SMILES string of the molecule is CNC(=O)c1ccc(N2CCN(Cc3cnc4c5c(c(=O)[nH]c4c3)CCC5)[C@H](C)C2C)cn1. The standard InChI is InChI=1S/C25H30N6O2/c1-15-16(2)31(18-7-8-21(27-13-18)25(33)26-3)10-9-30(15)14-17-11-22-23(28-12-17)19-5-4-6-20(19)24(32)29-22/h7-8,11-13,15-16H,4-6,9-10,14H2,1-3H3,(H,26,33)(H,29,32)/t15-,16?/m1/s1. The van der Waals surface area contributed by atoms with E-state index in [0.29, 0.717) is 11.7 Å². The molecule has 3 aromatic heterocycles. The number of H-pyrrole nitrogens is 1. The van der Waals surface area contributed by atoms with E-state index < -0.39 is 0 Å². The van der Waals surface area contributed by atoms with Crippen LogP contribution in [0.5, 0.6) is 0 Å². The number of carbonyl (C=O) groups is 1. The summed E-state index contributed by atoms with van der Waals surface area (Å²) in [6.45, 7) is 7.03. The molecule has 8 heteroatoms. The van der Waals surface area contributed by atoms with Crippen LogP contribution in [-0.4, -0.2) is 58.0 Å². The van der Waals surface area contributed by atoms with Gasteiger partial charge >= 0.3 is 0 Å². The monoisotopic (exact) mass is 446 g/mol. The first-order valence-electron chi connectivity index (χ1n) is 11.7. The highest BCUT2D eigenvalue weighted by molar-refractivity contribution is 5.92. The molecule has 1 aliphatic carbocycles. The Labute approximate surface area is 193 Å². The quantitative estimate of drug-likeness (QED) is 0.639. The summed E-state index contributed by atoms with van der Waals surface area (Å²) in [4.78, 5) is 41.1. The summed E-state index contributed by atoms with van der Waals surface area (Å²) in [5, 5.41) is 2.60. The zero-order chi connectivity index (χ0) is 23.1. The molecule has 3 aromatic rings. The number of hydrogen-bond acceptors (Lipinski definition) is 6. The van der Waals surface area contributed by atoms with Crippen LogP contribution < -0.4 is 15.8 Å². The van der Waals surface area contributed by atoms with E-state index in [9.17, 15) is 9.59 Å². The van der Waals surface area contributed by atoms with E-state index in [0.717, 1.165) is 72.3 Å². The minimum atomic E-state index is -0.178. The van der Waals surface area contributed by atoms with Crippen LogP contribution in [0.15, 0.2) is 35.4 Å². The number of aromatic amines is 1. The fraction of sp³-hybridized carbons (Fsp3) is 0.440. The van der Waals surface area contributed by atoms with Crippen molar-refractivity contribution in [3.63, 3.8) is 0 Å². The van der Waals surface area contributed by atoms with Gasteiger partial charge in [-0.05, 0) is 62.4 Å². The van der Waals surface area contributed by atoms with Crippen LogP contribution in [0, 0.1) is 0 Å². The lowest BCUT2D eigenvalue weighted by Crippen LogP contribution is -2.57. The molecule has 33 heavy (non-hydrogen) atoms. The van der Waals surface area contributed by atoms with E-state index in [-0.39, 0.29) is 17.5 Å². The average molecular weight is 447 g/mol. The predicted molar refractivity (Wildman–Crippen MR) is 129 cm³/mol. The van der Waals surface area contributed by atoms with E-state index in [1.807, 2.05) is 12.3 Å². The Balaban J connectivity index is 1.32. The van der Waals surface area contributed by atoms with Gasteiger partial charge in [-0.1, -0.05) is 0 Å². The predicted octanol–water partition coefficient (Wildman–Crippen LogP) is 2.27. The lowest BCUT2D eigenvalue weighted by molar-refractivity contribution is 0.0958. The molecule has 5 rings (SSSR count). The van der Waals surface area contributed by atoms with Gasteiger partial charge in [-0.2, -0.15) is 0 Å². The number of aromatic nitrogens is 3. The second-order valence-corrected chi connectivity index (χ2v) is 9.13. The zero-order valence-electron chi connectivity index (χ0n) is 19.4. The van der Waals surface area contributed by atoms with Crippen LogP contribution in [0.3, 0.4) is 0 Å². The summed E-state index contributed by atoms with van der Waals surface area (Å²) < 4.78 is 0. The first-order valence-corrected chi connectivity index (χ1v) is 11.7. The molecule has 2 atom stereocenters. The molecular formula is C25H30N6O2. The van der Waals surface area contributed by atoms with E-state index in [4.69, 9.17) is 4.98 Å². The van der Waals surface area contributed by atoms with E-state index >= 15 is 0 Å². The van der Waals surface area contributed by atoms with Gasteiger partial charge in [0.15, 0.2) is 0 Å². The highest BCUT2D eigenvalue weighted by atomic mass is 16.1. The Morgan fingerprint density at radius 3 is 2.70 bits per heavy atom. The molecule has 0 aromatic carbocycles. The number of amides is 1. The van der Waals surface area contributed by atoms with Crippen LogP contribution >= 0.6 is 0 Å². The molecule has 1 fully saturated rings. The molecule has 0 radical (unpaired) electrons. The molecule has 1 unspecified atom stereocenters. The highest BCUT2D eigenvalue weighted by Crippen LogP contribution is 2.27. The van der Waals surface area contributed by atoms with Crippen molar-refractivity contribution in [2.75, 3.05) is 25.0 Å². The van der Waals surface area contributed by atoms with Gasteiger partial charge in [-0.25, -0.2) is 4.98 Å². The number of nitrogens with one attached hydrogen (secondary N) is 2. The molecule has 0 bridgehead atoms. The molecule has 8 nitrogen and oxygen atoms in total. The average Bonchev–Trinajstić information content (AvgIpc) is 3.33. The molecule has 0 saturated carbocycles. The molecular weight excluding hydrogens is 416 g/mol. The third-order valence-electron chi connectivity index (χ3n) is 7.29. The van der Waals surface area contributed by atoms with Gasteiger partial charge in [-0.15, -0.1) is 0 Å². The summed E-state index contributed by atoms with van der Waals surface area (Å²) in [7, 11) is 1.61. The lowest BCUT2D eigenvalue weighted by atomic mass is 10.0. The van der Waals surface area contributed by atoms with Gasteiger partial charge in [0.05, 0.1) is 22.9 Å². The molecule has 1 amide bonds. The van der Waals surface area contributed by atoms with Crippen molar-refractivity contribution in [3.8, 4) is 0 Å². The van der Waals surface area contributed by atoms with E-state index in [2.05, 4.69) is 45.0 Å². The summed E-state index contributed by atoms with van der Waals surface area (Å²) in [6.07, 6.45) is 6.58. The van der Waals surface area contributed by atoms with Crippen molar-refractivity contribution >= 4 is 22.6 Å². The second-order valence-electron chi connectivity index (χ2n) is 9.13. The largest absolute Gasteiger partial charge is 0.365 e. The Bertz CT molecular complexity index is 1250. The summed E-state index contributed by atoms with van der Waals surface area (Å²) in [6, 6.07) is 6.43. The maximum Gasteiger partial charge on any atom is 0.269 e. The lowest BCUT2D eigenvalue weighted by Gasteiger charge is -2.46. The first kappa shape index (κ1) is 21.6. The summed E-state index contributed by atoms with van der Waals surface area (Å²) in [5.41, 5.74) is 6.45. The van der Waals surface area contributed by atoms with Gasteiger partial charge in [0.1, 0.15) is 5.69 Å². The molecule has 2 N–H and O–H groups in total.